The fourth-order valence-electron chi connectivity index (χ4n) is 3.18. The Labute approximate surface area is 147 Å². The van der Waals surface area contributed by atoms with Crippen LogP contribution in [0.2, 0.25) is 0 Å². The molecule has 0 atom stereocenters. The van der Waals surface area contributed by atoms with Crippen LogP contribution >= 0.6 is 0 Å². The normalized spacial score (nSPS) is 11.4. The number of aryl methyl sites for hydroxylation is 1. The molecule has 2 aromatic heterocycles. The Hall–Kier alpha value is -2.75. The average molecular weight is 330 g/mol. The summed E-state index contributed by atoms with van der Waals surface area (Å²) in [6.07, 6.45) is 4.84. The van der Waals surface area contributed by atoms with Gasteiger partial charge in [0.1, 0.15) is 11.2 Å². The van der Waals surface area contributed by atoms with Crippen molar-refractivity contribution in [3.8, 4) is 11.3 Å². The number of hydrogen-bond donors (Lipinski definition) is 0. The maximum atomic E-state index is 4.87. The lowest BCUT2D eigenvalue weighted by Crippen LogP contribution is -2.02. The molecule has 0 spiro atoms. The Morgan fingerprint density at radius 2 is 1.52 bits per heavy atom. The number of aromatic nitrogens is 4. The predicted molar refractivity (Wildman–Crippen MR) is 102 cm³/mol. The minimum atomic E-state index is 0.883. The molecule has 2 aromatic carbocycles. The first-order valence-electron chi connectivity index (χ1n) is 9.05. The number of fused-ring (bicyclic) bond motifs is 2. The maximum Gasteiger partial charge on any atom is 0.178 e. The monoisotopic (exact) mass is 330 g/mol. The lowest BCUT2D eigenvalue weighted by Gasteiger charge is -2.03. The van der Waals surface area contributed by atoms with E-state index in [0.29, 0.717) is 0 Å². The number of para-hydroxylation sites is 2. The van der Waals surface area contributed by atoms with Gasteiger partial charge in [-0.1, -0.05) is 68.7 Å². The largest absolute Gasteiger partial charge is 0.245 e. The van der Waals surface area contributed by atoms with Crippen molar-refractivity contribution in [1.29, 1.82) is 0 Å². The van der Waals surface area contributed by atoms with Crippen molar-refractivity contribution in [3.63, 3.8) is 0 Å². The van der Waals surface area contributed by atoms with E-state index in [9.17, 15) is 0 Å². The average Bonchev–Trinajstić information content (AvgIpc) is 3.02. The summed E-state index contributed by atoms with van der Waals surface area (Å²) in [7, 11) is 0. The van der Waals surface area contributed by atoms with Gasteiger partial charge < -0.3 is 0 Å². The standard InChI is InChI=1S/C21H22N4/c1-2-3-4-10-15-25-21-20(19(24-25)16-11-6-5-7-12-16)22-17-13-8-9-14-18(17)23-21/h5-9,11-14H,2-4,10,15H2,1H3. The van der Waals surface area contributed by atoms with Crippen molar-refractivity contribution in [1.82, 2.24) is 19.7 Å². The maximum absolute atomic E-state index is 4.87. The molecule has 4 nitrogen and oxygen atoms in total. The lowest BCUT2D eigenvalue weighted by molar-refractivity contribution is 0.552. The number of rotatable bonds is 6. The molecule has 0 fully saturated rings. The molecule has 4 heteroatoms. The van der Waals surface area contributed by atoms with Crippen LogP contribution in [0.4, 0.5) is 0 Å². The zero-order valence-electron chi connectivity index (χ0n) is 14.5. The third-order valence-corrected chi connectivity index (χ3v) is 4.51. The van der Waals surface area contributed by atoms with Gasteiger partial charge in [0.25, 0.3) is 0 Å². The third kappa shape index (κ3) is 3.12. The van der Waals surface area contributed by atoms with Crippen LogP contribution in [0.1, 0.15) is 32.6 Å². The molecule has 0 radical (unpaired) electrons. The molecule has 0 bridgehead atoms. The smallest absolute Gasteiger partial charge is 0.178 e. The first-order valence-corrected chi connectivity index (χ1v) is 9.05. The van der Waals surface area contributed by atoms with Crippen molar-refractivity contribution in [2.24, 2.45) is 0 Å². The fourth-order valence-corrected chi connectivity index (χ4v) is 3.18. The zero-order valence-corrected chi connectivity index (χ0v) is 14.5. The molecular weight excluding hydrogens is 308 g/mol. The van der Waals surface area contributed by atoms with E-state index in [1.807, 2.05) is 47.1 Å². The highest BCUT2D eigenvalue weighted by Gasteiger charge is 2.16. The second-order valence-corrected chi connectivity index (χ2v) is 6.38. The first-order chi connectivity index (χ1) is 12.4. The summed E-state index contributed by atoms with van der Waals surface area (Å²) < 4.78 is 2.03. The van der Waals surface area contributed by atoms with E-state index in [1.54, 1.807) is 0 Å². The van der Waals surface area contributed by atoms with Crippen molar-refractivity contribution in [3.05, 3.63) is 54.6 Å². The number of unbranched alkanes of at least 4 members (excludes halogenated alkanes) is 3. The summed E-state index contributed by atoms with van der Waals surface area (Å²) in [5.74, 6) is 0. The first kappa shape index (κ1) is 15.8. The van der Waals surface area contributed by atoms with Crippen molar-refractivity contribution >= 4 is 22.2 Å². The van der Waals surface area contributed by atoms with Crippen LogP contribution in [0.3, 0.4) is 0 Å². The third-order valence-electron chi connectivity index (χ3n) is 4.51. The minimum Gasteiger partial charge on any atom is -0.245 e. The lowest BCUT2D eigenvalue weighted by atomic mass is 10.1. The van der Waals surface area contributed by atoms with E-state index < -0.39 is 0 Å². The molecular formula is C21H22N4. The van der Waals surface area contributed by atoms with Gasteiger partial charge in [0, 0.05) is 12.1 Å². The minimum absolute atomic E-state index is 0.883. The van der Waals surface area contributed by atoms with E-state index >= 15 is 0 Å². The Morgan fingerprint density at radius 3 is 2.28 bits per heavy atom. The van der Waals surface area contributed by atoms with Gasteiger partial charge in [-0.25, -0.2) is 14.6 Å². The summed E-state index contributed by atoms with van der Waals surface area (Å²) in [6, 6.07) is 18.3. The molecule has 0 saturated heterocycles. The highest BCUT2D eigenvalue weighted by molar-refractivity contribution is 5.93. The molecule has 0 aliphatic rings. The van der Waals surface area contributed by atoms with Crippen LogP contribution in [-0.4, -0.2) is 19.7 Å². The molecule has 25 heavy (non-hydrogen) atoms. The zero-order chi connectivity index (χ0) is 17.1. The van der Waals surface area contributed by atoms with Gasteiger partial charge in [0.2, 0.25) is 0 Å². The fraction of sp³-hybridized carbons (Fsp3) is 0.286. The molecule has 0 unspecified atom stereocenters. The molecule has 0 aliphatic heterocycles. The SMILES string of the molecule is CCCCCCn1nc(-c2ccccc2)c2nc3ccccc3nc21. The summed E-state index contributed by atoms with van der Waals surface area (Å²) in [6.45, 7) is 3.12. The van der Waals surface area contributed by atoms with Crippen LogP contribution < -0.4 is 0 Å². The summed E-state index contributed by atoms with van der Waals surface area (Å²) in [4.78, 5) is 9.73. The van der Waals surface area contributed by atoms with Gasteiger partial charge in [-0.15, -0.1) is 0 Å². The second kappa shape index (κ2) is 7.01. The summed E-state index contributed by atoms with van der Waals surface area (Å²) in [5.41, 5.74) is 5.62. The van der Waals surface area contributed by atoms with Gasteiger partial charge in [-0.3, -0.25) is 0 Å². The molecule has 4 rings (SSSR count). The van der Waals surface area contributed by atoms with Crippen LogP contribution in [0, 0.1) is 0 Å². The molecule has 4 aromatic rings. The number of nitrogens with zero attached hydrogens (tertiary/aromatic N) is 4. The Bertz CT molecular complexity index is 989. The van der Waals surface area contributed by atoms with Gasteiger partial charge in [0.05, 0.1) is 11.0 Å². The van der Waals surface area contributed by atoms with Crippen molar-refractivity contribution in [2.75, 3.05) is 0 Å². The van der Waals surface area contributed by atoms with E-state index in [-0.39, 0.29) is 0 Å². The van der Waals surface area contributed by atoms with E-state index in [1.165, 1.54) is 19.3 Å². The highest BCUT2D eigenvalue weighted by Crippen LogP contribution is 2.27. The Balaban J connectivity index is 1.84. The number of hydrogen-bond acceptors (Lipinski definition) is 3. The van der Waals surface area contributed by atoms with Crippen LogP contribution in [0.5, 0.6) is 0 Å². The van der Waals surface area contributed by atoms with Crippen LogP contribution in [0.15, 0.2) is 54.6 Å². The Morgan fingerprint density at radius 1 is 0.800 bits per heavy atom. The van der Waals surface area contributed by atoms with E-state index in [0.717, 1.165) is 46.4 Å². The summed E-state index contributed by atoms with van der Waals surface area (Å²) >= 11 is 0. The topological polar surface area (TPSA) is 43.6 Å². The van der Waals surface area contributed by atoms with Gasteiger partial charge in [-0.05, 0) is 18.6 Å². The van der Waals surface area contributed by atoms with E-state index in [4.69, 9.17) is 15.1 Å². The van der Waals surface area contributed by atoms with Crippen molar-refractivity contribution < 1.29 is 0 Å². The predicted octanol–water partition coefficient (Wildman–Crippen LogP) is 5.23. The number of benzene rings is 2. The second-order valence-electron chi connectivity index (χ2n) is 6.38. The van der Waals surface area contributed by atoms with Gasteiger partial charge in [0.15, 0.2) is 5.65 Å². The van der Waals surface area contributed by atoms with E-state index in [2.05, 4.69) is 19.1 Å². The van der Waals surface area contributed by atoms with Gasteiger partial charge in [-0.2, -0.15) is 5.10 Å². The molecule has 0 amide bonds. The molecule has 126 valence electrons. The molecule has 0 saturated carbocycles. The van der Waals surface area contributed by atoms with Gasteiger partial charge >= 0.3 is 0 Å². The van der Waals surface area contributed by atoms with Crippen molar-refractivity contribution in [2.45, 2.75) is 39.2 Å². The quantitative estimate of drug-likeness (QED) is 0.455. The molecule has 0 N–H and O–H groups in total. The summed E-state index contributed by atoms with van der Waals surface area (Å²) in [5, 5.41) is 4.87. The van der Waals surface area contributed by atoms with Crippen LogP contribution in [0.25, 0.3) is 33.5 Å². The Kier molecular flexibility index (Phi) is 4.42. The molecule has 2 heterocycles. The van der Waals surface area contributed by atoms with Crippen LogP contribution in [-0.2, 0) is 6.54 Å². The highest BCUT2D eigenvalue weighted by atomic mass is 15.3. The molecule has 0 aliphatic carbocycles.